The largest absolute Gasteiger partial charge is 1.00 e. The number of nitrogens with zero attached hydrogens (tertiary/aromatic N) is 8. The molecule has 8 aromatic rings. The third kappa shape index (κ3) is 6.35. The molecule has 10 heteroatoms. The summed E-state index contributed by atoms with van der Waals surface area (Å²) in [4.78, 5) is 3.83. The fourth-order valence-corrected chi connectivity index (χ4v) is 5.46. The predicted octanol–water partition coefficient (Wildman–Crippen LogP) is -1.16. The molecule has 0 saturated carbocycles. The van der Waals surface area contributed by atoms with Crippen LogP contribution in [0.4, 0.5) is 0 Å². The zero-order chi connectivity index (χ0) is 30.7. The fourth-order valence-electron chi connectivity index (χ4n) is 5.46. The Balaban J connectivity index is 0.00000201. The number of aromatic nitrogens is 8. The molecule has 0 atom stereocenters. The van der Waals surface area contributed by atoms with Gasteiger partial charge in [0, 0.05) is 33.6 Å². The van der Waals surface area contributed by atoms with Crippen molar-refractivity contribution in [2.24, 2.45) is 0 Å². The Labute approximate surface area is 290 Å². The molecule has 0 fully saturated rings. The van der Waals surface area contributed by atoms with Gasteiger partial charge in [0.1, 0.15) is 9.59 Å². The van der Waals surface area contributed by atoms with Gasteiger partial charge in [0.15, 0.2) is 11.4 Å². The van der Waals surface area contributed by atoms with Gasteiger partial charge >= 0.3 is 12.7 Å². The van der Waals surface area contributed by atoms with Crippen molar-refractivity contribution in [1.29, 1.82) is 0 Å². The first-order valence-electron chi connectivity index (χ1n) is 15.1. The van der Waals surface area contributed by atoms with Crippen LogP contribution in [0.3, 0.4) is 0 Å². The monoisotopic (exact) mass is 668 g/mol. The summed E-state index contributed by atoms with van der Waals surface area (Å²) in [7, 11) is 0. The first-order chi connectivity index (χ1) is 22.8. The third-order valence-corrected chi connectivity index (χ3v) is 7.82. The molecule has 6 aromatic carbocycles. The lowest BCUT2D eigenvalue weighted by Gasteiger charge is -2.01. The van der Waals surface area contributed by atoms with Crippen molar-refractivity contribution in [3.63, 3.8) is 0 Å². The summed E-state index contributed by atoms with van der Waals surface area (Å²) in [6.07, 6.45) is 3.99. The molecule has 0 amide bonds. The highest BCUT2D eigenvalue weighted by atomic mass is 35.5. The summed E-state index contributed by atoms with van der Waals surface area (Å²) >= 11 is 0. The molecule has 8 nitrogen and oxygen atoms in total. The average molecular weight is 670 g/mol. The number of benzene rings is 6. The van der Waals surface area contributed by atoms with E-state index in [0.29, 0.717) is 0 Å². The normalized spacial score (nSPS) is 10.6. The molecule has 48 heavy (non-hydrogen) atoms. The van der Waals surface area contributed by atoms with E-state index >= 15 is 0 Å². The van der Waals surface area contributed by atoms with Gasteiger partial charge in [0.05, 0.1) is 0 Å². The lowest BCUT2D eigenvalue weighted by Crippen LogP contribution is -3.00. The van der Waals surface area contributed by atoms with Crippen LogP contribution in [0.1, 0.15) is 0 Å². The Morgan fingerprint density at radius 2 is 0.625 bits per heavy atom. The smallest absolute Gasteiger partial charge is 0.382 e. The molecule has 0 aliphatic carbocycles. The second kappa shape index (κ2) is 14.2. The minimum absolute atomic E-state index is 0. The quantitative estimate of drug-likeness (QED) is 0.201. The molecule has 0 bridgehead atoms. The van der Waals surface area contributed by atoms with Crippen LogP contribution in [0.25, 0.3) is 45.3 Å². The first-order valence-corrected chi connectivity index (χ1v) is 15.1. The SMILES string of the molecule is [Cl-].[Cl-].c1ccc(-[n+]2c[n+](-c3ccccc3)n(-c3ccc(-c4ccc(-n5n[n+](-c6ccccc6)c[n+]5-c5ccccc5)cc4)cc3)n2)cc1. The highest BCUT2D eigenvalue weighted by Crippen LogP contribution is 2.22. The zero-order valence-corrected chi connectivity index (χ0v) is 27.2. The molecular weight excluding hydrogens is 639 g/mol. The van der Waals surface area contributed by atoms with Crippen molar-refractivity contribution < 1.29 is 43.5 Å². The minimum Gasteiger partial charge on any atom is -1.00 e. The van der Waals surface area contributed by atoms with Crippen molar-refractivity contribution in [2.45, 2.75) is 0 Å². The van der Waals surface area contributed by atoms with Gasteiger partial charge in [-0.05, 0) is 93.3 Å². The molecule has 2 aromatic heterocycles. The van der Waals surface area contributed by atoms with Gasteiger partial charge in [-0.15, -0.1) is 0 Å². The van der Waals surface area contributed by atoms with E-state index in [4.69, 9.17) is 10.4 Å². The summed E-state index contributed by atoms with van der Waals surface area (Å²) in [5, 5.41) is 9.83. The van der Waals surface area contributed by atoms with Crippen molar-refractivity contribution in [2.75, 3.05) is 0 Å². The maximum Gasteiger partial charge on any atom is 0.382 e. The van der Waals surface area contributed by atoms with Crippen LogP contribution in [0.5, 0.6) is 0 Å². The molecule has 0 aliphatic rings. The molecule has 8 rings (SSSR count). The number of tetrazole rings is 2. The van der Waals surface area contributed by atoms with Crippen LogP contribution < -0.4 is 43.5 Å². The molecule has 0 spiro atoms. The summed E-state index contributed by atoms with van der Waals surface area (Å²) in [5.41, 5.74) is 8.13. The van der Waals surface area contributed by atoms with Crippen LogP contribution in [0, 0.1) is 0 Å². The molecule has 2 heterocycles. The van der Waals surface area contributed by atoms with E-state index in [1.165, 1.54) is 0 Å². The van der Waals surface area contributed by atoms with Gasteiger partial charge in [-0.1, -0.05) is 72.8 Å². The standard InChI is InChI=1S/C38H30N8.2ClH/c1-5-13-33(14-6-1)41-29-43(35-17-9-3-10-18-35)45(39-41)37-25-21-31(22-26-37)32-23-27-38(28-24-32)46-40-42(34-15-7-2-8-16-34)30-44(46)36-19-11-4-12-20-36;;/h1-30H;2*1H/q+4;;/p-2. The molecule has 0 saturated heterocycles. The minimum atomic E-state index is 0. The van der Waals surface area contributed by atoms with E-state index < -0.39 is 0 Å². The fraction of sp³-hybridized carbons (Fsp3) is 0. The van der Waals surface area contributed by atoms with E-state index in [-0.39, 0.29) is 24.8 Å². The number of hydrogen-bond donors (Lipinski definition) is 0. The Hall–Kier alpha value is -5.96. The Morgan fingerprint density at radius 3 is 0.938 bits per heavy atom. The van der Waals surface area contributed by atoms with Gasteiger partial charge in [0.25, 0.3) is 0 Å². The van der Waals surface area contributed by atoms with E-state index in [1.54, 1.807) is 0 Å². The van der Waals surface area contributed by atoms with Crippen LogP contribution in [0.2, 0.25) is 0 Å². The first kappa shape index (κ1) is 32.0. The highest BCUT2D eigenvalue weighted by molar-refractivity contribution is 5.65. The van der Waals surface area contributed by atoms with Gasteiger partial charge in [0.2, 0.25) is 33.2 Å². The number of hydrogen-bond acceptors (Lipinski definition) is 2. The predicted molar refractivity (Wildman–Crippen MR) is 172 cm³/mol. The Morgan fingerprint density at radius 1 is 0.333 bits per heavy atom. The van der Waals surface area contributed by atoms with E-state index in [0.717, 1.165) is 45.3 Å². The van der Waals surface area contributed by atoms with E-state index in [9.17, 15) is 0 Å². The molecule has 0 unspecified atom stereocenters. The maximum atomic E-state index is 4.91. The van der Waals surface area contributed by atoms with Crippen molar-refractivity contribution in [3.8, 4) is 45.3 Å². The van der Waals surface area contributed by atoms with Crippen LogP contribution in [-0.4, -0.2) is 20.0 Å². The maximum absolute atomic E-state index is 4.91. The van der Waals surface area contributed by atoms with Crippen molar-refractivity contribution >= 4 is 0 Å². The van der Waals surface area contributed by atoms with Gasteiger partial charge in [-0.2, -0.15) is 0 Å². The molecular formula is C38H30Cl2N8+2. The van der Waals surface area contributed by atoms with Crippen LogP contribution in [0.15, 0.2) is 183 Å². The zero-order valence-electron chi connectivity index (χ0n) is 25.7. The topological polar surface area (TPSA) is 51.2 Å². The summed E-state index contributed by atoms with van der Waals surface area (Å²) in [6, 6.07) is 57.7. The molecule has 0 N–H and O–H groups in total. The molecule has 0 aliphatic heterocycles. The highest BCUT2D eigenvalue weighted by Gasteiger charge is 2.29. The van der Waals surface area contributed by atoms with Crippen molar-refractivity contribution in [3.05, 3.63) is 183 Å². The van der Waals surface area contributed by atoms with Gasteiger partial charge < -0.3 is 24.8 Å². The second-order valence-corrected chi connectivity index (χ2v) is 10.8. The van der Waals surface area contributed by atoms with Gasteiger partial charge in [-0.25, -0.2) is 0 Å². The Bertz CT molecular complexity index is 2060. The molecule has 234 valence electrons. The van der Waals surface area contributed by atoms with Crippen LogP contribution in [-0.2, 0) is 0 Å². The lowest BCUT2D eigenvalue weighted by molar-refractivity contribution is -0.742. The van der Waals surface area contributed by atoms with Gasteiger partial charge in [-0.3, -0.25) is 0 Å². The number of para-hydroxylation sites is 4. The van der Waals surface area contributed by atoms with E-state index in [1.807, 2.05) is 138 Å². The summed E-state index contributed by atoms with van der Waals surface area (Å²) in [5.74, 6) is 0. The summed E-state index contributed by atoms with van der Waals surface area (Å²) < 4.78 is 7.87. The third-order valence-electron chi connectivity index (χ3n) is 7.82. The Kier molecular flexibility index (Phi) is 9.47. The second-order valence-electron chi connectivity index (χ2n) is 10.8. The van der Waals surface area contributed by atoms with Crippen molar-refractivity contribution in [1.82, 2.24) is 20.0 Å². The van der Waals surface area contributed by atoms with Crippen LogP contribution >= 0.6 is 0 Å². The number of rotatable bonds is 7. The van der Waals surface area contributed by atoms with E-state index in [2.05, 4.69) is 72.8 Å². The molecule has 0 radical (unpaired) electrons. The average Bonchev–Trinajstić information content (AvgIpc) is 3.80. The lowest BCUT2D eigenvalue weighted by atomic mass is 10.1. The summed E-state index contributed by atoms with van der Waals surface area (Å²) in [6.45, 7) is 0. The number of halogens is 2.